The van der Waals surface area contributed by atoms with Gasteiger partial charge in [-0.3, -0.25) is 0 Å². The average molecular weight is 570 g/mol. The number of guanidine groups is 1. The van der Waals surface area contributed by atoms with Crippen molar-refractivity contribution in [2.75, 3.05) is 47.1 Å². The summed E-state index contributed by atoms with van der Waals surface area (Å²) in [6, 6.07) is 6.08. The van der Waals surface area contributed by atoms with E-state index in [1.807, 2.05) is 6.07 Å². The van der Waals surface area contributed by atoms with Crippen molar-refractivity contribution in [2.24, 2.45) is 4.99 Å². The predicted molar refractivity (Wildman–Crippen MR) is 128 cm³/mol. The summed E-state index contributed by atoms with van der Waals surface area (Å²) in [7, 11) is 3.40. The van der Waals surface area contributed by atoms with Crippen LogP contribution in [0.15, 0.2) is 27.7 Å². The molecule has 0 unspecified atom stereocenters. The first kappa shape index (κ1) is 25.5. The maximum atomic E-state index is 5.95. The van der Waals surface area contributed by atoms with Gasteiger partial charge in [0.05, 0.1) is 24.2 Å². The third kappa shape index (κ3) is 8.42. The first-order valence-corrected chi connectivity index (χ1v) is 10.4. The molecule has 0 aromatic heterocycles. The molecule has 1 heterocycles. The molecule has 0 aliphatic carbocycles. The molecule has 0 bridgehead atoms. The van der Waals surface area contributed by atoms with Crippen LogP contribution in [0.1, 0.15) is 31.7 Å². The fourth-order valence-corrected chi connectivity index (χ4v) is 3.68. The summed E-state index contributed by atoms with van der Waals surface area (Å²) >= 11 is 3.54. The second-order valence-electron chi connectivity index (χ2n) is 6.54. The average Bonchev–Trinajstić information content (AvgIpc) is 2.69. The third-order valence-electron chi connectivity index (χ3n) is 4.55. The van der Waals surface area contributed by atoms with Crippen molar-refractivity contribution in [1.29, 1.82) is 0 Å². The van der Waals surface area contributed by atoms with E-state index in [1.54, 1.807) is 14.2 Å². The standard InChI is InChI=1S/C20H32BrN3O3.HI/c1-4-22-20(23-15-16-6-7-19(26-3)18(21)14-16)24-10-8-17(9-11-24)27-13-5-12-25-2;/h6-7,14,17H,4-5,8-13,15H2,1-3H3,(H,22,23);1H. The molecule has 0 saturated carbocycles. The van der Waals surface area contributed by atoms with Crippen molar-refractivity contribution in [3.05, 3.63) is 28.2 Å². The van der Waals surface area contributed by atoms with E-state index in [1.165, 1.54) is 0 Å². The largest absolute Gasteiger partial charge is 0.496 e. The molecule has 0 atom stereocenters. The van der Waals surface area contributed by atoms with Crippen LogP contribution in [0, 0.1) is 0 Å². The number of nitrogens with one attached hydrogen (secondary N) is 1. The number of nitrogens with zero attached hydrogens (tertiary/aromatic N) is 2. The van der Waals surface area contributed by atoms with E-state index in [-0.39, 0.29) is 24.0 Å². The van der Waals surface area contributed by atoms with Crippen molar-refractivity contribution in [3.8, 4) is 5.75 Å². The Bertz CT molecular complexity index is 596. The monoisotopic (exact) mass is 569 g/mol. The quantitative estimate of drug-likeness (QED) is 0.210. The SMILES string of the molecule is CCNC(=NCc1ccc(OC)c(Br)c1)N1CCC(OCCCOC)CC1.I. The molecular weight excluding hydrogens is 537 g/mol. The molecule has 160 valence electrons. The molecule has 0 radical (unpaired) electrons. The van der Waals surface area contributed by atoms with Crippen LogP contribution in [-0.4, -0.2) is 64.0 Å². The Kier molecular flexibility index (Phi) is 13.1. The number of hydrogen-bond donors (Lipinski definition) is 1. The maximum Gasteiger partial charge on any atom is 0.194 e. The number of benzene rings is 1. The zero-order valence-corrected chi connectivity index (χ0v) is 21.0. The molecule has 1 aromatic carbocycles. The smallest absolute Gasteiger partial charge is 0.194 e. The first-order valence-electron chi connectivity index (χ1n) is 9.64. The van der Waals surface area contributed by atoms with Gasteiger partial charge in [0.15, 0.2) is 5.96 Å². The van der Waals surface area contributed by atoms with Crippen LogP contribution in [-0.2, 0) is 16.0 Å². The van der Waals surface area contributed by atoms with Crippen LogP contribution in [0.2, 0.25) is 0 Å². The number of aliphatic imine (C=N–C) groups is 1. The van der Waals surface area contributed by atoms with Gasteiger partial charge in [0, 0.05) is 40.0 Å². The Labute approximate surface area is 194 Å². The lowest BCUT2D eigenvalue weighted by Crippen LogP contribution is -2.47. The molecule has 0 spiro atoms. The van der Waals surface area contributed by atoms with E-state index >= 15 is 0 Å². The van der Waals surface area contributed by atoms with Crippen LogP contribution in [0.3, 0.4) is 0 Å². The molecular formula is C20H33BrIN3O3. The van der Waals surface area contributed by atoms with Crippen LogP contribution < -0.4 is 10.1 Å². The van der Waals surface area contributed by atoms with Gasteiger partial charge >= 0.3 is 0 Å². The van der Waals surface area contributed by atoms with E-state index in [0.717, 1.165) is 73.9 Å². The van der Waals surface area contributed by atoms with Crippen molar-refractivity contribution in [1.82, 2.24) is 10.2 Å². The number of piperidine rings is 1. The molecule has 0 amide bonds. The molecule has 2 rings (SSSR count). The van der Waals surface area contributed by atoms with Gasteiger partial charge < -0.3 is 24.4 Å². The Morgan fingerprint density at radius 2 is 2.00 bits per heavy atom. The van der Waals surface area contributed by atoms with E-state index < -0.39 is 0 Å². The molecule has 1 aromatic rings. The van der Waals surface area contributed by atoms with E-state index in [4.69, 9.17) is 19.2 Å². The number of methoxy groups -OCH3 is 2. The summed E-state index contributed by atoms with van der Waals surface area (Å²) in [5.74, 6) is 1.81. The Balaban J connectivity index is 0.00000392. The Morgan fingerprint density at radius 3 is 2.61 bits per heavy atom. The highest BCUT2D eigenvalue weighted by Gasteiger charge is 2.21. The number of ether oxygens (including phenoxy) is 3. The van der Waals surface area contributed by atoms with Gasteiger partial charge in [-0.25, -0.2) is 4.99 Å². The maximum absolute atomic E-state index is 5.95. The summed E-state index contributed by atoms with van der Waals surface area (Å²) in [5.41, 5.74) is 1.15. The highest BCUT2D eigenvalue weighted by Crippen LogP contribution is 2.25. The molecule has 1 fully saturated rings. The van der Waals surface area contributed by atoms with Gasteiger partial charge in [-0.15, -0.1) is 24.0 Å². The molecule has 6 nitrogen and oxygen atoms in total. The van der Waals surface area contributed by atoms with Crippen LogP contribution in [0.5, 0.6) is 5.75 Å². The highest BCUT2D eigenvalue weighted by atomic mass is 127. The van der Waals surface area contributed by atoms with Gasteiger partial charge in [-0.2, -0.15) is 0 Å². The van der Waals surface area contributed by atoms with Crippen molar-refractivity contribution >= 4 is 45.9 Å². The second kappa shape index (κ2) is 14.4. The summed E-state index contributed by atoms with van der Waals surface area (Å²) in [6.45, 7) is 7.07. The van der Waals surface area contributed by atoms with E-state index in [9.17, 15) is 0 Å². The van der Waals surface area contributed by atoms with Crippen molar-refractivity contribution in [3.63, 3.8) is 0 Å². The van der Waals surface area contributed by atoms with E-state index in [0.29, 0.717) is 12.6 Å². The number of likely N-dealkylation sites (tertiary alicyclic amines) is 1. The lowest BCUT2D eigenvalue weighted by Gasteiger charge is -2.34. The van der Waals surface area contributed by atoms with Crippen molar-refractivity contribution < 1.29 is 14.2 Å². The minimum Gasteiger partial charge on any atom is -0.496 e. The lowest BCUT2D eigenvalue weighted by atomic mass is 10.1. The Hall–Kier alpha value is -0.580. The van der Waals surface area contributed by atoms with Gasteiger partial charge in [0.25, 0.3) is 0 Å². The van der Waals surface area contributed by atoms with Crippen LogP contribution in [0.25, 0.3) is 0 Å². The third-order valence-corrected chi connectivity index (χ3v) is 5.17. The molecule has 1 saturated heterocycles. The molecule has 1 N–H and O–H groups in total. The normalized spacial score (nSPS) is 15.3. The zero-order valence-electron chi connectivity index (χ0n) is 17.1. The minimum absolute atomic E-state index is 0. The highest BCUT2D eigenvalue weighted by molar-refractivity contribution is 14.0. The fourth-order valence-electron chi connectivity index (χ4n) is 3.09. The zero-order chi connectivity index (χ0) is 19.5. The second-order valence-corrected chi connectivity index (χ2v) is 7.40. The minimum atomic E-state index is 0. The van der Waals surface area contributed by atoms with Crippen LogP contribution in [0.4, 0.5) is 0 Å². The fraction of sp³-hybridized carbons (Fsp3) is 0.650. The van der Waals surface area contributed by atoms with Gasteiger partial charge in [-0.1, -0.05) is 6.07 Å². The summed E-state index contributed by atoms with van der Waals surface area (Å²) in [6.07, 6.45) is 3.37. The number of rotatable bonds is 9. The van der Waals surface area contributed by atoms with Gasteiger partial charge in [0.1, 0.15) is 5.75 Å². The van der Waals surface area contributed by atoms with Gasteiger partial charge in [0.2, 0.25) is 0 Å². The molecule has 1 aliphatic rings. The van der Waals surface area contributed by atoms with E-state index in [2.05, 4.69) is 45.2 Å². The summed E-state index contributed by atoms with van der Waals surface area (Å²) in [4.78, 5) is 7.16. The van der Waals surface area contributed by atoms with Crippen molar-refractivity contribution in [2.45, 2.75) is 38.8 Å². The molecule has 1 aliphatic heterocycles. The molecule has 28 heavy (non-hydrogen) atoms. The lowest BCUT2D eigenvalue weighted by molar-refractivity contribution is 0.00990. The molecule has 8 heteroatoms. The summed E-state index contributed by atoms with van der Waals surface area (Å²) < 4.78 is 17.3. The first-order chi connectivity index (χ1) is 13.2. The summed E-state index contributed by atoms with van der Waals surface area (Å²) in [5, 5.41) is 3.42. The van der Waals surface area contributed by atoms with Crippen LogP contribution >= 0.6 is 39.9 Å². The number of hydrogen-bond acceptors (Lipinski definition) is 4. The topological polar surface area (TPSA) is 55.3 Å². The predicted octanol–water partition coefficient (Wildman–Crippen LogP) is 4.06. The van der Waals surface area contributed by atoms with Gasteiger partial charge in [-0.05, 0) is 59.8 Å². The Morgan fingerprint density at radius 1 is 1.25 bits per heavy atom. The number of halogens is 2.